The minimum atomic E-state index is 0.131. The Morgan fingerprint density at radius 2 is 2.00 bits per heavy atom. The van der Waals surface area contributed by atoms with Crippen LogP contribution in [0.15, 0.2) is 12.8 Å². The maximum Gasteiger partial charge on any atom is 0.219 e. The second-order valence-corrected chi connectivity index (χ2v) is 3.69. The third-order valence-corrected chi connectivity index (χ3v) is 2.24. The zero-order valence-corrected chi connectivity index (χ0v) is 10.0. The molecule has 0 spiro atoms. The van der Waals surface area contributed by atoms with Crippen molar-refractivity contribution in [3.63, 3.8) is 0 Å². The summed E-state index contributed by atoms with van der Waals surface area (Å²) in [5.74, 6) is 0.131. The van der Waals surface area contributed by atoms with Gasteiger partial charge in [0.2, 0.25) is 5.91 Å². The lowest BCUT2D eigenvalue weighted by Crippen LogP contribution is -2.24. The van der Waals surface area contributed by atoms with E-state index in [2.05, 4.69) is 11.9 Å². The van der Waals surface area contributed by atoms with E-state index < -0.39 is 0 Å². The standard InChI is InChI=1S/C12H24N2O2/c1-2-16-11-7-10-14-12(15)8-5-3-4-6-9-13/h2H,1,3-11,13H2,(H,14,15). The summed E-state index contributed by atoms with van der Waals surface area (Å²) >= 11 is 0. The van der Waals surface area contributed by atoms with Crippen LogP contribution in [0, 0.1) is 0 Å². The molecule has 0 aromatic rings. The van der Waals surface area contributed by atoms with Gasteiger partial charge in [0.1, 0.15) is 0 Å². The molecule has 0 atom stereocenters. The molecular formula is C12H24N2O2. The highest BCUT2D eigenvalue weighted by molar-refractivity contribution is 5.75. The summed E-state index contributed by atoms with van der Waals surface area (Å²) in [6.07, 6.45) is 7.08. The Morgan fingerprint density at radius 3 is 2.69 bits per heavy atom. The number of nitrogens with two attached hydrogens (primary N) is 1. The smallest absolute Gasteiger partial charge is 0.219 e. The van der Waals surface area contributed by atoms with E-state index >= 15 is 0 Å². The van der Waals surface area contributed by atoms with Gasteiger partial charge in [-0.15, -0.1) is 0 Å². The maximum atomic E-state index is 11.3. The first-order chi connectivity index (χ1) is 7.81. The van der Waals surface area contributed by atoms with Crippen LogP contribution in [0.2, 0.25) is 0 Å². The predicted molar refractivity (Wildman–Crippen MR) is 65.9 cm³/mol. The van der Waals surface area contributed by atoms with Crippen molar-refractivity contribution < 1.29 is 9.53 Å². The third kappa shape index (κ3) is 11.0. The second kappa shape index (κ2) is 12.0. The van der Waals surface area contributed by atoms with Crippen LogP contribution >= 0.6 is 0 Å². The van der Waals surface area contributed by atoms with Crippen molar-refractivity contribution in [2.24, 2.45) is 5.73 Å². The van der Waals surface area contributed by atoms with Gasteiger partial charge in [-0.2, -0.15) is 0 Å². The number of rotatable bonds is 11. The van der Waals surface area contributed by atoms with Crippen LogP contribution in [-0.2, 0) is 9.53 Å². The Hall–Kier alpha value is -1.03. The Labute approximate surface area is 98.2 Å². The third-order valence-electron chi connectivity index (χ3n) is 2.24. The Balaban J connectivity index is 3.15. The molecule has 0 radical (unpaired) electrons. The van der Waals surface area contributed by atoms with Crippen LogP contribution in [0.1, 0.15) is 38.5 Å². The van der Waals surface area contributed by atoms with Gasteiger partial charge in [0.15, 0.2) is 0 Å². The van der Waals surface area contributed by atoms with E-state index in [4.69, 9.17) is 10.5 Å². The summed E-state index contributed by atoms with van der Waals surface area (Å²) in [5, 5.41) is 2.85. The molecule has 0 fully saturated rings. The fraction of sp³-hybridized carbons (Fsp3) is 0.750. The van der Waals surface area contributed by atoms with E-state index in [-0.39, 0.29) is 5.91 Å². The van der Waals surface area contributed by atoms with Crippen molar-refractivity contribution in [3.05, 3.63) is 12.8 Å². The molecule has 0 rings (SSSR count). The van der Waals surface area contributed by atoms with E-state index in [0.717, 1.165) is 38.6 Å². The SMILES string of the molecule is C=COCCCNC(=O)CCCCCCN. The van der Waals surface area contributed by atoms with Crippen molar-refractivity contribution in [1.29, 1.82) is 0 Å². The van der Waals surface area contributed by atoms with Crippen LogP contribution in [0.3, 0.4) is 0 Å². The lowest BCUT2D eigenvalue weighted by molar-refractivity contribution is -0.121. The molecule has 0 saturated heterocycles. The van der Waals surface area contributed by atoms with Gasteiger partial charge >= 0.3 is 0 Å². The number of amides is 1. The largest absolute Gasteiger partial charge is 0.502 e. The molecule has 3 N–H and O–H groups in total. The van der Waals surface area contributed by atoms with E-state index in [1.807, 2.05) is 0 Å². The van der Waals surface area contributed by atoms with Gasteiger partial charge in [-0.05, 0) is 25.8 Å². The molecule has 0 unspecified atom stereocenters. The van der Waals surface area contributed by atoms with Crippen LogP contribution < -0.4 is 11.1 Å². The van der Waals surface area contributed by atoms with Crippen LogP contribution in [0.4, 0.5) is 0 Å². The van der Waals surface area contributed by atoms with Crippen LogP contribution in [-0.4, -0.2) is 25.6 Å². The lowest BCUT2D eigenvalue weighted by atomic mass is 10.1. The molecule has 16 heavy (non-hydrogen) atoms. The van der Waals surface area contributed by atoms with Crippen molar-refractivity contribution in [1.82, 2.24) is 5.32 Å². The fourth-order valence-electron chi connectivity index (χ4n) is 1.34. The molecule has 0 bridgehead atoms. The fourth-order valence-corrected chi connectivity index (χ4v) is 1.34. The molecule has 0 aromatic carbocycles. The lowest BCUT2D eigenvalue weighted by Gasteiger charge is -2.04. The van der Waals surface area contributed by atoms with Gasteiger partial charge in [0.05, 0.1) is 12.9 Å². The molecule has 0 aliphatic carbocycles. The molecule has 94 valence electrons. The number of hydrogen-bond acceptors (Lipinski definition) is 3. The topological polar surface area (TPSA) is 64.3 Å². The van der Waals surface area contributed by atoms with Crippen LogP contribution in [0.25, 0.3) is 0 Å². The van der Waals surface area contributed by atoms with E-state index in [9.17, 15) is 4.79 Å². The van der Waals surface area contributed by atoms with Crippen molar-refractivity contribution in [2.75, 3.05) is 19.7 Å². The van der Waals surface area contributed by atoms with Gasteiger partial charge in [-0.3, -0.25) is 4.79 Å². The zero-order chi connectivity index (χ0) is 12.1. The predicted octanol–water partition coefficient (Wildman–Crippen LogP) is 1.56. The summed E-state index contributed by atoms with van der Waals surface area (Å²) in [5.41, 5.74) is 5.38. The number of carbonyl (C=O) groups is 1. The number of ether oxygens (including phenoxy) is 1. The number of nitrogens with one attached hydrogen (secondary N) is 1. The Morgan fingerprint density at radius 1 is 1.25 bits per heavy atom. The van der Waals surface area contributed by atoms with Crippen molar-refractivity contribution in [3.8, 4) is 0 Å². The Bertz CT molecular complexity index is 184. The highest BCUT2D eigenvalue weighted by Crippen LogP contribution is 2.01. The molecule has 1 amide bonds. The average molecular weight is 228 g/mol. The van der Waals surface area contributed by atoms with Gasteiger partial charge < -0.3 is 15.8 Å². The molecular weight excluding hydrogens is 204 g/mol. The molecule has 0 aliphatic heterocycles. The first-order valence-electron chi connectivity index (χ1n) is 6.00. The molecule has 0 heterocycles. The molecule has 4 nitrogen and oxygen atoms in total. The molecule has 4 heteroatoms. The molecule has 0 aliphatic rings. The summed E-state index contributed by atoms with van der Waals surface area (Å²) in [4.78, 5) is 11.3. The summed E-state index contributed by atoms with van der Waals surface area (Å²) in [6.45, 7) is 5.47. The monoisotopic (exact) mass is 228 g/mol. The van der Waals surface area contributed by atoms with Crippen molar-refractivity contribution in [2.45, 2.75) is 38.5 Å². The summed E-state index contributed by atoms with van der Waals surface area (Å²) in [6, 6.07) is 0. The number of unbranched alkanes of at least 4 members (excludes halogenated alkanes) is 3. The first kappa shape index (κ1) is 15.0. The number of carbonyl (C=O) groups excluding carboxylic acids is 1. The minimum absolute atomic E-state index is 0.131. The average Bonchev–Trinajstić information content (AvgIpc) is 2.28. The molecule has 0 aromatic heterocycles. The first-order valence-corrected chi connectivity index (χ1v) is 6.00. The maximum absolute atomic E-state index is 11.3. The van der Waals surface area contributed by atoms with E-state index in [0.29, 0.717) is 19.6 Å². The van der Waals surface area contributed by atoms with E-state index in [1.165, 1.54) is 6.26 Å². The van der Waals surface area contributed by atoms with Crippen molar-refractivity contribution >= 4 is 5.91 Å². The highest BCUT2D eigenvalue weighted by atomic mass is 16.5. The quantitative estimate of drug-likeness (QED) is 0.416. The van der Waals surface area contributed by atoms with Gasteiger partial charge in [-0.1, -0.05) is 19.4 Å². The minimum Gasteiger partial charge on any atom is -0.502 e. The summed E-state index contributed by atoms with van der Waals surface area (Å²) in [7, 11) is 0. The van der Waals surface area contributed by atoms with Crippen LogP contribution in [0.5, 0.6) is 0 Å². The highest BCUT2D eigenvalue weighted by Gasteiger charge is 1.99. The second-order valence-electron chi connectivity index (χ2n) is 3.69. The van der Waals surface area contributed by atoms with E-state index in [1.54, 1.807) is 0 Å². The Kier molecular flexibility index (Phi) is 11.3. The van der Waals surface area contributed by atoms with Gasteiger partial charge in [0.25, 0.3) is 0 Å². The van der Waals surface area contributed by atoms with Gasteiger partial charge in [0, 0.05) is 13.0 Å². The summed E-state index contributed by atoms with van der Waals surface area (Å²) < 4.78 is 4.94. The number of hydrogen-bond donors (Lipinski definition) is 2. The molecule has 0 saturated carbocycles. The normalized spacial score (nSPS) is 9.81. The zero-order valence-electron chi connectivity index (χ0n) is 10.0. The van der Waals surface area contributed by atoms with Gasteiger partial charge in [-0.25, -0.2) is 0 Å².